The quantitative estimate of drug-likeness (QED) is 0.513. The summed E-state index contributed by atoms with van der Waals surface area (Å²) in [4.78, 5) is 17.3. The number of alkyl halides is 3. The van der Waals surface area contributed by atoms with Gasteiger partial charge in [-0.2, -0.15) is 13.2 Å². The maximum absolute atomic E-state index is 13.0. The smallest absolute Gasteiger partial charge is 0.310 e. The zero-order valence-electron chi connectivity index (χ0n) is 14.1. The van der Waals surface area contributed by atoms with Crippen molar-refractivity contribution in [3.8, 4) is 11.5 Å². The van der Waals surface area contributed by atoms with E-state index in [1.807, 2.05) is 0 Å². The van der Waals surface area contributed by atoms with Crippen LogP contribution in [0.3, 0.4) is 0 Å². The van der Waals surface area contributed by atoms with E-state index >= 15 is 0 Å². The third kappa shape index (κ3) is 2.90. The van der Waals surface area contributed by atoms with Gasteiger partial charge in [0.2, 0.25) is 0 Å². The first-order valence-corrected chi connectivity index (χ1v) is 10.0. The number of aromatic nitrogens is 5. The molecular weight excluding hydrogens is 399 g/mol. The van der Waals surface area contributed by atoms with Crippen LogP contribution in [0, 0.1) is 0 Å². The zero-order chi connectivity index (χ0) is 19.3. The van der Waals surface area contributed by atoms with Gasteiger partial charge in [0.1, 0.15) is 16.7 Å². The Morgan fingerprint density at radius 3 is 2.67 bits per heavy atom. The van der Waals surface area contributed by atoms with E-state index in [-0.39, 0.29) is 11.2 Å². The fourth-order valence-electron chi connectivity index (χ4n) is 2.77. The number of pyridine rings is 2. The lowest BCUT2D eigenvalue weighted by Crippen LogP contribution is -2.05. The number of rotatable bonds is 3. The van der Waals surface area contributed by atoms with E-state index in [1.165, 1.54) is 11.3 Å². The molecule has 0 N–H and O–H groups in total. The molecule has 0 aliphatic heterocycles. The highest BCUT2D eigenvalue weighted by molar-refractivity contribution is 7.85. The van der Waals surface area contributed by atoms with Gasteiger partial charge in [-0.25, -0.2) is 19.9 Å². The van der Waals surface area contributed by atoms with Gasteiger partial charge in [0.25, 0.3) is 0 Å². The van der Waals surface area contributed by atoms with Crippen molar-refractivity contribution in [1.29, 1.82) is 0 Å². The largest absolute Gasteiger partial charge is 0.417 e. The van der Waals surface area contributed by atoms with Crippen LogP contribution >= 0.6 is 11.3 Å². The molecule has 0 aliphatic carbocycles. The molecule has 4 aromatic heterocycles. The average molecular weight is 411 g/mol. The molecule has 1 unspecified atom stereocenters. The van der Waals surface area contributed by atoms with Gasteiger partial charge in [0.15, 0.2) is 11.5 Å². The molecule has 4 aromatic rings. The molecule has 4 heterocycles. The van der Waals surface area contributed by atoms with Gasteiger partial charge in [-0.1, -0.05) is 6.92 Å². The Balaban J connectivity index is 2.00. The second kappa shape index (κ2) is 6.34. The van der Waals surface area contributed by atoms with E-state index in [0.29, 0.717) is 27.7 Å². The van der Waals surface area contributed by atoms with E-state index in [0.717, 1.165) is 17.0 Å². The van der Waals surface area contributed by atoms with Crippen molar-refractivity contribution in [3.05, 3.63) is 29.5 Å². The Labute approximate surface area is 157 Å². The number of hydrogen-bond donors (Lipinski definition) is 0. The van der Waals surface area contributed by atoms with Crippen LogP contribution < -0.4 is 0 Å². The Kier molecular flexibility index (Phi) is 4.22. The molecule has 0 fully saturated rings. The molecule has 1 atom stereocenters. The minimum Gasteiger partial charge on any atom is -0.310 e. The normalized spacial score (nSPS) is 13.5. The molecule has 6 nitrogen and oxygen atoms in total. The van der Waals surface area contributed by atoms with Crippen molar-refractivity contribution in [2.75, 3.05) is 5.75 Å². The summed E-state index contributed by atoms with van der Waals surface area (Å²) in [6.07, 6.45) is -2.18. The van der Waals surface area contributed by atoms with Crippen LogP contribution in [0.1, 0.15) is 12.5 Å². The maximum atomic E-state index is 13.0. The van der Waals surface area contributed by atoms with Crippen LogP contribution in [0.5, 0.6) is 0 Å². The summed E-state index contributed by atoms with van der Waals surface area (Å²) in [6, 6.07) is 0.952. The second-order valence-corrected chi connectivity index (χ2v) is 8.23. The van der Waals surface area contributed by atoms with Gasteiger partial charge in [-0.3, -0.25) is 4.21 Å². The molecule has 0 saturated carbocycles. The number of aryl methyl sites for hydroxylation is 1. The van der Waals surface area contributed by atoms with Crippen LogP contribution in [0.25, 0.3) is 32.9 Å². The second-order valence-electron chi connectivity index (χ2n) is 5.70. The van der Waals surface area contributed by atoms with Crippen LogP contribution in [-0.2, 0) is 24.0 Å². The molecule has 0 aromatic carbocycles. The highest BCUT2D eigenvalue weighted by Crippen LogP contribution is 2.35. The fraction of sp³-hybridized carbons (Fsp3) is 0.250. The molecule has 11 heteroatoms. The summed E-state index contributed by atoms with van der Waals surface area (Å²) < 4.78 is 53.9. The Morgan fingerprint density at radius 1 is 1.19 bits per heavy atom. The summed E-state index contributed by atoms with van der Waals surface area (Å²) >= 11 is 1.34. The highest BCUT2D eigenvalue weighted by Gasteiger charge is 2.32. The minimum absolute atomic E-state index is 0.0988. The number of nitrogens with zero attached hydrogens (tertiary/aromatic N) is 5. The maximum Gasteiger partial charge on any atom is 0.417 e. The lowest BCUT2D eigenvalue weighted by molar-refractivity contribution is -0.137. The van der Waals surface area contributed by atoms with E-state index < -0.39 is 22.5 Å². The van der Waals surface area contributed by atoms with Gasteiger partial charge in [-0.15, -0.1) is 11.3 Å². The van der Waals surface area contributed by atoms with Crippen LogP contribution in [0.2, 0.25) is 0 Å². The standard InChI is InChI=1S/C16H12F3N5OS2/c1-3-27(25)13-11(20-6-10-12(13)26-7-22-10)15-23-9-4-8(16(17,18)19)5-21-14(9)24(15)2/h4-7H,3H2,1-2H3. The summed E-state index contributed by atoms with van der Waals surface area (Å²) in [7, 11) is 0.291. The predicted molar refractivity (Wildman–Crippen MR) is 96.9 cm³/mol. The molecule has 0 radical (unpaired) electrons. The van der Waals surface area contributed by atoms with E-state index in [9.17, 15) is 17.4 Å². The first kappa shape index (κ1) is 18.0. The SMILES string of the molecule is CCS(=O)c1c(-c2nc3cc(C(F)(F)F)cnc3n2C)ncc2ncsc12. The van der Waals surface area contributed by atoms with Crippen molar-refractivity contribution < 1.29 is 17.4 Å². The number of hydrogen-bond acceptors (Lipinski definition) is 6. The monoisotopic (exact) mass is 411 g/mol. The van der Waals surface area contributed by atoms with Crippen LogP contribution in [0.4, 0.5) is 13.2 Å². The molecule has 0 aliphatic rings. The number of halogens is 3. The molecule has 0 amide bonds. The van der Waals surface area contributed by atoms with Gasteiger partial charge in [0, 0.05) is 19.0 Å². The zero-order valence-corrected chi connectivity index (χ0v) is 15.7. The van der Waals surface area contributed by atoms with E-state index in [1.54, 1.807) is 30.2 Å². The van der Waals surface area contributed by atoms with Gasteiger partial charge < -0.3 is 4.57 Å². The number of fused-ring (bicyclic) bond motifs is 2. The van der Waals surface area contributed by atoms with Gasteiger partial charge >= 0.3 is 6.18 Å². The molecule has 0 bridgehead atoms. The van der Waals surface area contributed by atoms with Crippen molar-refractivity contribution in [1.82, 2.24) is 24.5 Å². The predicted octanol–water partition coefficient (Wildman–Crippen LogP) is 3.79. The summed E-state index contributed by atoms with van der Waals surface area (Å²) in [5.41, 5.74) is 2.14. The first-order chi connectivity index (χ1) is 12.8. The van der Waals surface area contributed by atoms with Crippen molar-refractivity contribution in [3.63, 3.8) is 0 Å². The fourth-order valence-corrected chi connectivity index (χ4v) is 4.85. The highest BCUT2D eigenvalue weighted by atomic mass is 32.2. The molecule has 27 heavy (non-hydrogen) atoms. The summed E-state index contributed by atoms with van der Waals surface area (Å²) in [5.74, 6) is 0.676. The average Bonchev–Trinajstić information content (AvgIpc) is 3.23. The lowest BCUT2D eigenvalue weighted by atomic mass is 10.2. The molecular formula is C16H12F3N5OS2. The Hall–Kier alpha value is -2.40. The summed E-state index contributed by atoms with van der Waals surface area (Å²) in [5, 5.41) is 0. The lowest BCUT2D eigenvalue weighted by Gasteiger charge is -2.08. The minimum atomic E-state index is -4.51. The third-order valence-corrected chi connectivity index (χ3v) is 6.44. The van der Waals surface area contributed by atoms with Crippen LogP contribution in [0.15, 0.2) is 28.9 Å². The summed E-state index contributed by atoms with van der Waals surface area (Å²) in [6.45, 7) is 1.78. The first-order valence-electron chi connectivity index (χ1n) is 7.82. The van der Waals surface area contributed by atoms with E-state index in [4.69, 9.17) is 0 Å². The topological polar surface area (TPSA) is 73.6 Å². The molecule has 0 spiro atoms. The van der Waals surface area contributed by atoms with Crippen molar-refractivity contribution in [2.45, 2.75) is 18.0 Å². The van der Waals surface area contributed by atoms with Crippen LogP contribution in [-0.4, -0.2) is 34.5 Å². The van der Waals surface area contributed by atoms with Gasteiger partial charge in [0.05, 0.1) is 37.7 Å². The molecule has 0 saturated heterocycles. The number of imidazole rings is 1. The van der Waals surface area contributed by atoms with Crippen molar-refractivity contribution >= 4 is 43.5 Å². The van der Waals surface area contributed by atoms with Crippen molar-refractivity contribution in [2.24, 2.45) is 7.05 Å². The Morgan fingerprint density at radius 2 is 1.96 bits per heavy atom. The third-order valence-electron chi connectivity index (χ3n) is 4.07. The molecule has 4 rings (SSSR count). The number of thiazole rings is 1. The molecule has 140 valence electrons. The van der Waals surface area contributed by atoms with E-state index in [2.05, 4.69) is 19.9 Å². The Bertz CT molecular complexity index is 1200. The van der Waals surface area contributed by atoms with Gasteiger partial charge in [-0.05, 0) is 6.07 Å².